The van der Waals surface area contributed by atoms with E-state index in [0.717, 1.165) is 64.8 Å². The van der Waals surface area contributed by atoms with Gasteiger partial charge in [-0.3, -0.25) is 4.98 Å². The molecule has 43 heavy (non-hydrogen) atoms. The lowest BCUT2D eigenvalue weighted by Gasteiger charge is -2.58. The Hall–Kier alpha value is -4.38. The highest BCUT2D eigenvalue weighted by molar-refractivity contribution is 5.84. The zero-order chi connectivity index (χ0) is 30.1. The summed E-state index contributed by atoms with van der Waals surface area (Å²) in [5.41, 5.74) is 4.80. The standard InChI is InChI=1S/C36H38N3O4/c1-5-23-21-39(22-25-8-6-9-27(30(25)20-37)35-33(42-3)10-7-11-34(35)43-4)17-15-24(23)18-32(39)36(40)28-14-16-38-31-13-12-26(41-2)19-29(28)31/h5-14,16,19,23-24,32,36,40H,1,15,17-18,21-22H2,2-4H3/q+1/t23?,24-,32+,36-,39?/m0/s1. The highest BCUT2D eigenvalue weighted by Gasteiger charge is 2.54. The number of nitriles is 1. The molecule has 4 aromatic rings. The van der Waals surface area contributed by atoms with Gasteiger partial charge in [0.15, 0.2) is 0 Å². The molecule has 0 amide bonds. The predicted octanol–water partition coefficient (Wildman–Crippen LogP) is 6.44. The average Bonchev–Trinajstić information content (AvgIpc) is 3.06. The van der Waals surface area contributed by atoms with E-state index in [1.165, 1.54) is 0 Å². The molecule has 7 rings (SSSR count). The van der Waals surface area contributed by atoms with Crippen molar-refractivity contribution in [2.24, 2.45) is 11.8 Å². The first-order valence-corrected chi connectivity index (χ1v) is 14.8. The van der Waals surface area contributed by atoms with E-state index in [2.05, 4.69) is 29.8 Å². The topological polar surface area (TPSA) is 84.6 Å². The summed E-state index contributed by atoms with van der Waals surface area (Å²) >= 11 is 0. The van der Waals surface area contributed by atoms with Crippen molar-refractivity contribution in [1.29, 1.82) is 5.26 Å². The van der Waals surface area contributed by atoms with E-state index in [1.54, 1.807) is 27.5 Å². The Kier molecular flexibility index (Phi) is 7.83. The summed E-state index contributed by atoms with van der Waals surface area (Å²) in [7, 11) is 4.91. The maximum Gasteiger partial charge on any atom is 0.131 e. The lowest BCUT2D eigenvalue weighted by molar-refractivity contribution is -0.984. The molecule has 5 atom stereocenters. The SMILES string of the molecule is C=CC1C[N+]2(Cc3cccc(-c4c(OC)cccc4OC)c3C#N)CC[C@H]1C[C@@H]2[C@@H](O)c1ccnc2ccc(OC)cc12. The third kappa shape index (κ3) is 4.91. The Morgan fingerprint density at radius 1 is 1.07 bits per heavy atom. The molecule has 2 bridgehead atoms. The molecule has 2 unspecified atom stereocenters. The van der Waals surface area contributed by atoms with Crippen LogP contribution in [-0.4, -0.2) is 55.0 Å². The van der Waals surface area contributed by atoms with Gasteiger partial charge >= 0.3 is 0 Å². The minimum absolute atomic E-state index is 0.0530. The Morgan fingerprint density at radius 2 is 1.84 bits per heavy atom. The normalized spacial score (nSPS) is 23.4. The van der Waals surface area contributed by atoms with Crippen molar-refractivity contribution < 1.29 is 23.8 Å². The van der Waals surface area contributed by atoms with Crippen LogP contribution in [0.3, 0.4) is 0 Å². The number of ether oxygens (including phenoxy) is 3. The third-order valence-corrected chi connectivity index (χ3v) is 9.79. The van der Waals surface area contributed by atoms with E-state index in [-0.39, 0.29) is 6.04 Å². The number of nitrogens with zero attached hydrogens (tertiary/aromatic N) is 3. The van der Waals surface area contributed by atoms with Crippen LogP contribution in [0.4, 0.5) is 0 Å². The van der Waals surface area contributed by atoms with Gasteiger partial charge in [-0.15, -0.1) is 6.58 Å². The van der Waals surface area contributed by atoms with Crippen molar-refractivity contribution in [2.45, 2.75) is 31.5 Å². The Balaban J connectivity index is 1.46. The Bertz CT molecular complexity index is 1690. The van der Waals surface area contributed by atoms with Gasteiger partial charge in [-0.1, -0.05) is 30.3 Å². The zero-order valence-electron chi connectivity index (χ0n) is 25.0. The van der Waals surface area contributed by atoms with E-state index < -0.39 is 6.10 Å². The summed E-state index contributed by atoms with van der Waals surface area (Å²) in [6.07, 6.45) is 5.10. The maximum atomic E-state index is 12.2. The van der Waals surface area contributed by atoms with Crippen LogP contribution >= 0.6 is 0 Å². The molecule has 220 valence electrons. The second-order valence-electron chi connectivity index (χ2n) is 11.8. The average molecular weight is 577 g/mol. The van der Waals surface area contributed by atoms with Crippen LogP contribution in [0.2, 0.25) is 0 Å². The molecule has 3 saturated heterocycles. The largest absolute Gasteiger partial charge is 0.497 e. The number of aromatic nitrogens is 1. The summed E-state index contributed by atoms with van der Waals surface area (Å²) in [6, 6.07) is 21.9. The fraction of sp³-hybridized carbons (Fsp3) is 0.333. The van der Waals surface area contributed by atoms with Crippen LogP contribution in [0.5, 0.6) is 17.2 Å². The number of pyridine rings is 1. The van der Waals surface area contributed by atoms with Gasteiger partial charge in [-0.2, -0.15) is 5.26 Å². The van der Waals surface area contributed by atoms with Crippen molar-refractivity contribution in [3.05, 3.63) is 96.2 Å². The minimum atomic E-state index is -0.714. The molecule has 0 saturated carbocycles. The Labute approximate surface area is 253 Å². The van der Waals surface area contributed by atoms with Gasteiger partial charge < -0.3 is 23.8 Å². The van der Waals surface area contributed by atoms with E-state index >= 15 is 0 Å². The maximum absolute atomic E-state index is 12.2. The second kappa shape index (κ2) is 11.7. The van der Waals surface area contributed by atoms with E-state index in [0.29, 0.717) is 39.9 Å². The number of fused-ring (bicyclic) bond motifs is 4. The number of piperidine rings is 3. The van der Waals surface area contributed by atoms with Gasteiger partial charge in [0.1, 0.15) is 42.0 Å². The number of aliphatic hydroxyl groups excluding tert-OH is 1. The van der Waals surface area contributed by atoms with E-state index in [4.69, 9.17) is 14.2 Å². The van der Waals surface area contributed by atoms with Crippen LogP contribution in [0.25, 0.3) is 22.0 Å². The van der Waals surface area contributed by atoms with Crippen LogP contribution in [0, 0.1) is 23.2 Å². The summed E-state index contributed by atoms with van der Waals surface area (Å²) in [5, 5.41) is 23.7. The molecule has 0 radical (unpaired) electrons. The number of methoxy groups -OCH3 is 3. The van der Waals surface area contributed by atoms with Crippen LogP contribution in [0.15, 0.2) is 79.5 Å². The van der Waals surface area contributed by atoms with Crippen molar-refractivity contribution in [3.63, 3.8) is 0 Å². The summed E-state index contributed by atoms with van der Waals surface area (Å²) in [5.74, 6) is 2.86. The van der Waals surface area contributed by atoms with Gasteiger partial charge in [-0.05, 0) is 47.9 Å². The first-order valence-electron chi connectivity index (χ1n) is 14.8. The molecule has 1 aromatic heterocycles. The molecule has 0 spiro atoms. The van der Waals surface area contributed by atoms with Gasteiger partial charge in [0.25, 0.3) is 0 Å². The lowest BCUT2D eigenvalue weighted by Crippen LogP contribution is -2.67. The van der Waals surface area contributed by atoms with Crippen molar-refractivity contribution >= 4 is 10.9 Å². The molecule has 7 heteroatoms. The predicted molar refractivity (Wildman–Crippen MR) is 167 cm³/mol. The van der Waals surface area contributed by atoms with E-state index in [1.807, 2.05) is 54.6 Å². The van der Waals surface area contributed by atoms with E-state index in [9.17, 15) is 10.4 Å². The molecule has 7 nitrogen and oxygen atoms in total. The van der Waals surface area contributed by atoms with Gasteiger partial charge in [0.05, 0.1) is 51.1 Å². The molecule has 1 N–H and O–H groups in total. The number of aliphatic hydroxyl groups is 1. The lowest BCUT2D eigenvalue weighted by atomic mass is 9.71. The Morgan fingerprint density at radius 3 is 2.53 bits per heavy atom. The molecule has 3 fully saturated rings. The highest BCUT2D eigenvalue weighted by atomic mass is 16.5. The fourth-order valence-electron chi connectivity index (χ4n) is 7.65. The minimum Gasteiger partial charge on any atom is -0.497 e. The molecular formula is C36H38N3O4+. The van der Waals surface area contributed by atoms with Crippen molar-refractivity contribution in [3.8, 4) is 34.4 Å². The molecule has 3 aliphatic rings. The second-order valence-corrected chi connectivity index (χ2v) is 11.8. The summed E-state index contributed by atoms with van der Waals surface area (Å²) < 4.78 is 17.6. The zero-order valence-corrected chi connectivity index (χ0v) is 25.0. The molecule has 0 aliphatic carbocycles. The summed E-state index contributed by atoms with van der Waals surface area (Å²) in [4.78, 5) is 4.55. The smallest absolute Gasteiger partial charge is 0.131 e. The van der Waals surface area contributed by atoms with Crippen molar-refractivity contribution in [2.75, 3.05) is 34.4 Å². The third-order valence-electron chi connectivity index (χ3n) is 9.79. The van der Waals surface area contributed by atoms with Crippen LogP contribution < -0.4 is 14.2 Å². The molecule has 4 heterocycles. The first-order chi connectivity index (χ1) is 21.0. The van der Waals surface area contributed by atoms with Crippen molar-refractivity contribution in [1.82, 2.24) is 4.98 Å². The first kappa shape index (κ1) is 28.7. The van der Waals surface area contributed by atoms with Gasteiger partial charge in [0.2, 0.25) is 0 Å². The monoisotopic (exact) mass is 576 g/mol. The fourth-order valence-corrected chi connectivity index (χ4v) is 7.65. The summed E-state index contributed by atoms with van der Waals surface area (Å²) in [6.45, 7) is 6.60. The number of benzene rings is 3. The number of hydrogen-bond acceptors (Lipinski definition) is 6. The van der Waals surface area contributed by atoms with Gasteiger partial charge in [-0.25, -0.2) is 0 Å². The van der Waals surface area contributed by atoms with Crippen LogP contribution in [-0.2, 0) is 6.54 Å². The number of quaternary nitrogens is 1. The van der Waals surface area contributed by atoms with Crippen LogP contribution in [0.1, 0.15) is 35.6 Å². The number of rotatable bonds is 9. The quantitative estimate of drug-likeness (QED) is 0.182. The molecular weight excluding hydrogens is 538 g/mol. The number of hydrogen-bond donors (Lipinski definition) is 1. The van der Waals surface area contributed by atoms with Gasteiger partial charge in [0, 0.05) is 41.5 Å². The molecule has 3 aliphatic heterocycles. The highest BCUT2D eigenvalue weighted by Crippen LogP contribution is 2.49. The molecule has 3 aromatic carbocycles.